The first-order valence-electron chi connectivity index (χ1n) is 7.96. The molecule has 0 spiro atoms. The third kappa shape index (κ3) is 4.26. The highest BCUT2D eigenvalue weighted by atomic mass is 32.2. The summed E-state index contributed by atoms with van der Waals surface area (Å²) in [5.74, 6) is -3.43. The van der Waals surface area contributed by atoms with Gasteiger partial charge in [0.1, 0.15) is 23.4 Å². The number of ether oxygens (including phenoxy) is 1. The summed E-state index contributed by atoms with van der Waals surface area (Å²) >= 11 is 1.21. The molecule has 2 amide bonds. The molecular formula is C15H20N2O8S. The number of esters is 1. The number of carbonyl (C=O) groups is 5. The van der Waals surface area contributed by atoms with Crippen molar-refractivity contribution in [2.24, 2.45) is 5.41 Å². The average Bonchev–Trinajstić information content (AvgIpc) is 2.57. The summed E-state index contributed by atoms with van der Waals surface area (Å²) in [6.45, 7) is 0.754. The standard InChI is InChI=1S/C15H20N2O8S/c1-8(18)25-6-15(14(23)24)5-17-12(22)11(13(17)26-7-15)16-9(19)3-2-4-10(20)21/h11,13H,2-7H2,1H3,(H,16,19)(H,20,21)(H,23,24)/t11?,13-,15?/m1/s1. The molecule has 3 N–H and O–H groups in total. The van der Waals surface area contributed by atoms with Crippen LogP contribution < -0.4 is 5.32 Å². The van der Waals surface area contributed by atoms with Crippen LogP contribution in [0.2, 0.25) is 0 Å². The first-order chi connectivity index (χ1) is 12.2. The summed E-state index contributed by atoms with van der Waals surface area (Å²) in [6.07, 6.45) is 0.0424. The molecule has 2 aliphatic heterocycles. The number of β-lactam (4-membered cyclic amide) rings is 1. The lowest BCUT2D eigenvalue weighted by Gasteiger charge is -2.53. The van der Waals surface area contributed by atoms with E-state index in [9.17, 15) is 29.1 Å². The minimum Gasteiger partial charge on any atom is -0.481 e. The molecule has 0 aromatic heterocycles. The van der Waals surface area contributed by atoms with Crippen LogP contribution in [-0.2, 0) is 28.7 Å². The molecule has 2 fully saturated rings. The highest BCUT2D eigenvalue weighted by Gasteiger charge is 2.57. The molecule has 0 aromatic rings. The molecule has 26 heavy (non-hydrogen) atoms. The maximum Gasteiger partial charge on any atom is 0.315 e. The van der Waals surface area contributed by atoms with Crippen molar-refractivity contribution >= 4 is 41.5 Å². The second-order valence-corrected chi connectivity index (χ2v) is 7.43. The molecule has 2 rings (SSSR count). The van der Waals surface area contributed by atoms with E-state index in [1.807, 2.05) is 0 Å². The zero-order chi connectivity index (χ0) is 19.5. The van der Waals surface area contributed by atoms with Gasteiger partial charge in [-0.1, -0.05) is 0 Å². The number of rotatable bonds is 8. The number of fused-ring (bicyclic) bond motifs is 1. The fraction of sp³-hybridized carbons (Fsp3) is 0.667. The predicted octanol–water partition coefficient (Wildman–Crippen LogP) is -0.725. The highest BCUT2D eigenvalue weighted by molar-refractivity contribution is 8.00. The fourth-order valence-electron chi connectivity index (χ4n) is 2.79. The van der Waals surface area contributed by atoms with Crippen molar-refractivity contribution in [3.05, 3.63) is 0 Å². The minimum atomic E-state index is -1.38. The van der Waals surface area contributed by atoms with E-state index in [0.29, 0.717) is 0 Å². The highest BCUT2D eigenvalue weighted by Crippen LogP contribution is 2.42. The van der Waals surface area contributed by atoms with E-state index in [2.05, 4.69) is 5.32 Å². The Morgan fingerprint density at radius 2 is 2.00 bits per heavy atom. The number of nitrogens with zero attached hydrogens (tertiary/aromatic N) is 1. The first-order valence-corrected chi connectivity index (χ1v) is 9.01. The molecule has 11 heteroatoms. The van der Waals surface area contributed by atoms with E-state index in [1.54, 1.807) is 0 Å². The summed E-state index contributed by atoms with van der Waals surface area (Å²) in [4.78, 5) is 58.5. The van der Waals surface area contributed by atoms with Gasteiger partial charge >= 0.3 is 17.9 Å². The van der Waals surface area contributed by atoms with Crippen LogP contribution in [0.15, 0.2) is 0 Å². The second kappa shape index (κ2) is 7.94. The smallest absolute Gasteiger partial charge is 0.315 e. The Balaban J connectivity index is 1.92. The molecule has 3 atom stereocenters. The van der Waals surface area contributed by atoms with E-state index >= 15 is 0 Å². The Morgan fingerprint density at radius 3 is 2.58 bits per heavy atom. The van der Waals surface area contributed by atoms with Gasteiger partial charge in [-0.15, -0.1) is 11.8 Å². The first kappa shape index (κ1) is 20.0. The van der Waals surface area contributed by atoms with Crippen molar-refractivity contribution in [3.63, 3.8) is 0 Å². The lowest BCUT2D eigenvalue weighted by Crippen LogP contribution is -2.74. The molecule has 2 unspecified atom stereocenters. The molecule has 144 valence electrons. The number of aliphatic carboxylic acids is 2. The number of carboxylic acid groups (broad SMARTS) is 2. The Labute approximate surface area is 153 Å². The number of amides is 2. The summed E-state index contributed by atoms with van der Waals surface area (Å²) in [6, 6.07) is -0.752. The summed E-state index contributed by atoms with van der Waals surface area (Å²) < 4.78 is 4.86. The summed E-state index contributed by atoms with van der Waals surface area (Å²) in [5.41, 5.74) is -1.38. The molecule has 0 bridgehead atoms. The van der Waals surface area contributed by atoms with E-state index in [-0.39, 0.29) is 43.5 Å². The van der Waals surface area contributed by atoms with Crippen molar-refractivity contribution in [2.45, 2.75) is 37.6 Å². The van der Waals surface area contributed by atoms with Crippen LogP contribution in [0.1, 0.15) is 26.2 Å². The number of carbonyl (C=O) groups excluding carboxylic acids is 3. The van der Waals surface area contributed by atoms with Gasteiger partial charge < -0.3 is 25.2 Å². The van der Waals surface area contributed by atoms with Crippen LogP contribution in [0.25, 0.3) is 0 Å². The van der Waals surface area contributed by atoms with Crippen molar-refractivity contribution in [1.29, 1.82) is 0 Å². The number of hydrogen-bond donors (Lipinski definition) is 3. The van der Waals surface area contributed by atoms with Crippen LogP contribution in [-0.4, -0.2) is 75.2 Å². The zero-order valence-electron chi connectivity index (χ0n) is 14.1. The molecule has 0 aliphatic carbocycles. The van der Waals surface area contributed by atoms with Gasteiger partial charge in [-0.25, -0.2) is 0 Å². The van der Waals surface area contributed by atoms with Crippen LogP contribution in [0, 0.1) is 5.41 Å². The van der Waals surface area contributed by atoms with Gasteiger partial charge in [-0.05, 0) is 6.42 Å². The van der Waals surface area contributed by atoms with E-state index in [4.69, 9.17) is 9.84 Å². The number of carboxylic acids is 2. The van der Waals surface area contributed by atoms with E-state index in [1.165, 1.54) is 23.6 Å². The lowest BCUT2D eigenvalue weighted by atomic mass is 9.88. The predicted molar refractivity (Wildman–Crippen MR) is 88.1 cm³/mol. The SMILES string of the molecule is CC(=O)OCC1(C(=O)O)CS[C@@H]2C(NC(=O)CCCC(=O)O)C(=O)N2C1. The number of nitrogens with one attached hydrogen (secondary N) is 1. The molecule has 0 radical (unpaired) electrons. The summed E-state index contributed by atoms with van der Waals surface area (Å²) in [5, 5.41) is 20.3. The van der Waals surface area contributed by atoms with Crippen molar-refractivity contribution < 1.29 is 38.9 Å². The van der Waals surface area contributed by atoms with Gasteiger partial charge in [-0.3, -0.25) is 24.0 Å². The van der Waals surface area contributed by atoms with Gasteiger partial charge in [0, 0.05) is 32.1 Å². The molecule has 2 heterocycles. The maximum atomic E-state index is 12.3. The van der Waals surface area contributed by atoms with Gasteiger partial charge in [0.15, 0.2) is 0 Å². The Bertz CT molecular complexity index is 639. The van der Waals surface area contributed by atoms with E-state index in [0.717, 1.165) is 0 Å². The van der Waals surface area contributed by atoms with Crippen LogP contribution >= 0.6 is 11.8 Å². The maximum absolute atomic E-state index is 12.3. The quantitative estimate of drug-likeness (QED) is 0.361. The molecule has 2 aliphatic rings. The fourth-order valence-corrected chi connectivity index (χ4v) is 4.31. The molecule has 2 saturated heterocycles. The van der Waals surface area contributed by atoms with Crippen LogP contribution in [0.5, 0.6) is 0 Å². The lowest BCUT2D eigenvalue weighted by molar-refractivity contribution is -0.165. The van der Waals surface area contributed by atoms with Crippen LogP contribution in [0.4, 0.5) is 0 Å². The normalized spacial score (nSPS) is 27.1. The van der Waals surface area contributed by atoms with Crippen molar-refractivity contribution in [2.75, 3.05) is 18.9 Å². The molecule has 10 nitrogen and oxygen atoms in total. The Hall–Kier alpha value is -2.30. The van der Waals surface area contributed by atoms with Crippen molar-refractivity contribution in [1.82, 2.24) is 10.2 Å². The van der Waals surface area contributed by atoms with Crippen LogP contribution in [0.3, 0.4) is 0 Å². The molecule has 0 aromatic carbocycles. The van der Waals surface area contributed by atoms with Gasteiger partial charge in [-0.2, -0.15) is 0 Å². The van der Waals surface area contributed by atoms with Gasteiger partial charge in [0.2, 0.25) is 11.8 Å². The largest absolute Gasteiger partial charge is 0.481 e. The number of thioether (sulfide) groups is 1. The Morgan fingerprint density at radius 1 is 1.31 bits per heavy atom. The summed E-state index contributed by atoms with van der Waals surface area (Å²) in [7, 11) is 0. The third-order valence-corrected chi connectivity index (χ3v) is 5.85. The van der Waals surface area contributed by atoms with Crippen molar-refractivity contribution in [3.8, 4) is 0 Å². The Kier molecular flexibility index (Phi) is 6.11. The topological polar surface area (TPSA) is 150 Å². The average molecular weight is 388 g/mol. The second-order valence-electron chi connectivity index (χ2n) is 6.33. The molecule has 0 saturated carbocycles. The minimum absolute atomic E-state index is 0.00101. The third-order valence-electron chi connectivity index (χ3n) is 4.26. The van der Waals surface area contributed by atoms with E-state index < -0.39 is 41.2 Å². The molecular weight excluding hydrogens is 368 g/mol. The number of hydrogen-bond acceptors (Lipinski definition) is 7. The zero-order valence-corrected chi connectivity index (χ0v) is 14.9. The monoisotopic (exact) mass is 388 g/mol. The van der Waals surface area contributed by atoms with Gasteiger partial charge in [0.05, 0.1) is 0 Å². The van der Waals surface area contributed by atoms with Gasteiger partial charge in [0.25, 0.3) is 0 Å².